The molecule has 4 nitrogen and oxygen atoms in total. The predicted octanol–water partition coefficient (Wildman–Crippen LogP) is 2.96. The number of halogens is 2. The maximum atomic E-state index is 13.7. The monoisotopic (exact) mass is 373 g/mol. The maximum absolute atomic E-state index is 13.7. The zero-order valence-corrected chi connectivity index (χ0v) is 15.7. The Hall–Kier alpha value is -1.50. The Bertz CT molecular complexity index is 713. The van der Waals surface area contributed by atoms with E-state index in [0.29, 0.717) is 25.9 Å². The summed E-state index contributed by atoms with van der Waals surface area (Å²) in [6.45, 7) is 5.89. The fraction of sp³-hybridized carbons (Fsp3) is 0.611. The summed E-state index contributed by atoms with van der Waals surface area (Å²) in [7, 11) is -3.20. The van der Waals surface area contributed by atoms with E-state index in [1.54, 1.807) is 25.7 Å². The molecule has 1 heterocycles. The summed E-state index contributed by atoms with van der Waals surface area (Å²) in [5.74, 6) is -1.65. The number of sulfone groups is 1. The van der Waals surface area contributed by atoms with E-state index in [1.165, 1.54) is 6.07 Å². The summed E-state index contributed by atoms with van der Waals surface area (Å²) in [5.41, 5.74) is -0.218. The minimum Gasteiger partial charge on any atom is -0.342 e. The van der Waals surface area contributed by atoms with E-state index in [9.17, 15) is 22.0 Å². The topological polar surface area (TPSA) is 54.5 Å². The molecule has 1 amide bonds. The molecule has 1 aliphatic heterocycles. The summed E-state index contributed by atoms with van der Waals surface area (Å²) < 4.78 is 51.1. The first-order chi connectivity index (χ1) is 11.5. The molecular weight excluding hydrogens is 348 g/mol. The van der Waals surface area contributed by atoms with Gasteiger partial charge in [-0.05, 0) is 51.7 Å². The summed E-state index contributed by atoms with van der Waals surface area (Å²) in [5, 5.41) is 0. The lowest BCUT2D eigenvalue weighted by Gasteiger charge is -2.33. The Balaban J connectivity index is 1.93. The first-order valence-corrected chi connectivity index (χ1v) is 10.1. The molecule has 140 valence electrons. The third-order valence-electron chi connectivity index (χ3n) is 4.75. The summed E-state index contributed by atoms with van der Waals surface area (Å²) in [4.78, 5) is 13.9. The smallest absolute Gasteiger partial charge is 0.227 e. The van der Waals surface area contributed by atoms with Crippen molar-refractivity contribution in [1.29, 1.82) is 0 Å². The molecule has 0 saturated carbocycles. The van der Waals surface area contributed by atoms with E-state index in [4.69, 9.17) is 0 Å². The van der Waals surface area contributed by atoms with Gasteiger partial charge in [-0.2, -0.15) is 0 Å². The molecule has 0 spiro atoms. The Morgan fingerprint density at radius 3 is 2.16 bits per heavy atom. The van der Waals surface area contributed by atoms with Crippen LogP contribution >= 0.6 is 0 Å². The highest BCUT2D eigenvalue weighted by atomic mass is 32.2. The second kappa shape index (κ2) is 7.40. The van der Waals surface area contributed by atoms with Gasteiger partial charge in [0.05, 0.1) is 16.9 Å². The molecule has 1 aromatic rings. The zero-order valence-electron chi connectivity index (χ0n) is 14.9. The Morgan fingerprint density at radius 1 is 1.16 bits per heavy atom. The van der Waals surface area contributed by atoms with E-state index < -0.39 is 26.2 Å². The van der Waals surface area contributed by atoms with Crippen molar-refractivity contribution in [3.63, 3.8) is 0 Å². The van der Waals surface area contributed by atoms with Gasteiger partial charge < -0.3 is 4.90 Å². The Labute approximate surface area is 148 Å². The second-order valence-corrected chi connectivity index (χ2v) is 10.4. The molecule has 1 aromatic carbocycles. The second-order valence-electron chi connectivity index (χ2n) is 7.59. The van der Waals surface area contributed by atoms with Gasteiger partial charge in [0.15, 0.2) is 9.84 Å². The van der Waals surface area contributed by atoms with Crippen LogP contribution in [-0.4, -0.2) is 42.8 Å². The van der Waals surface area contributed by atoms with Gasteiger partial charge in [-0.3, -0.25) is 4.79 Å². The third kappa shape index (κ3) is 4.77. The van der Waals surface area contributed by atoms with Gasteiger partial charge in [0.25, 0.3) is 0 Å². The van der Waals surface area contributed by atoms with Crippen LogP contribution in [0.5, 0.6) is 0 Å². The van der Waals surface area contributed by atoms with Crippen LogP contribution in [0.1, 0.15) is 39.2 Å². The van der Waals surface area contributed by atoms with Crippen LogP contribution in [0.3, 0.4) is 0 Å². The van der Waals surface area contributed by atoms with Crippen molar-refractivity contribution in [3.05, 3.63) is 35.4 Å². The molecule has 1 saturated heterocycles. The molecule has 0 N–H and O–H groups in total. The lowest BCUT2D eigenvalue weighted by atomic mass is 9.98. The molecule has 25 heavy (non-hydrogen) atoms. The molecule has 7 heteroatoms. The SMILES string of the molecule is CC(C)(C)S(=O)(=O)CC1CCN(C(=O)Cc2c(F)cccc2F)CC1. The average molecular weight is 373 g/mol. The maximum Gasteiger partial charge on any atom is 0.227 e. The van der Waals surface area contributed by atoms with Crippen LogP contribution in [0.25, 0.3) is 0 Å². The minimum atomic E-state index is -3.20. The third-order valence-corrected chi connectivity index (χ3v) is 7.52. The van der Waals surface area contributed by atoms with E-state index in [1.807, 2.05) is 0 Å². The highest BCUT2D eigenvalue weighted by molar-refractivity contribution is 7.92. The first kappa shape index (κ1) is 19.8. The van der Waals surface area contributed by atoms with Crippen molar-refractivity contribution in [2.45, 2.75) is 44.8 Å². The van der Waals surface area contributed by atoms with E-state index >= 15 is 0 Å². The lowest BCUT2D eigenvalue weighted by molar-refractivity contribution is -0.131. The number of carbonyl (C=O) groups excluding carboxylic acids is 1. The summed E-state index contributed by atoms with van der Waals surface area (Å²) in [6.07, 6.45) is 0.852. The number of rotatable bonds is 4. The quantitative estimate of drug-likeness (QED) is 0.815. The standard InChI is InChI=1S/C18H25F2NO3S/c1-18(2,3)25(23,24)12-13-7-9-21(10-8-13)17(22)11-14-15(19)5-4-6-16(14)20/h4-6,13H,7-12H2,1-3H3. The summed E-state index contributed by atoms with van der Waals surface area (Å²) in [6, 6.07) is 3.53. The van der Waals surface area contributed by atoms with Crippen molar-refractivity contribution in [2.75, 3.05) is 18.8 Å². The molecule has 0 aliphatic carbocycles. The van der Waals surface area contributed by atoms with Crippen LogP contribution in [0.15, 0.2) is 18.2 Å². The van der Waals surface area contributed by atoms with Crippen LogP contribution in [0, 0.1) is 17.6 Å². The molecule has 0 bridgehead atoms. The number of carbonyl (C=O) groups is 1. The number of nitrogens with zero attached hydrogens (tertiary/aromatic N) is 1. The van der Waals surface area contributed by atoms with E-state index in [-0.39, 0.29) is 29.6 Å². The molecule has 0 unspecified atom stereocenters. The van der Waals surface area contributed by atoms with Gasteiger partial charge >= 0.3 is 0 Å². The average Bonchev–Trinajstić information content (AvgIpc) is 2.50. The highest BCUT2D eigenvalue weighted by Gasteiger charge is 2.33. The molecule has 0 aromatic heterocycles. The van der Waals surface area contributed by atoms with E-state index in [0.717, 1.165) is 12.1 Å². The molecule has 0 atom stereocenters. The highest BCUT2D eigenvalue weighted by Crippen LogP contribution is 2.25. The Morgan fingerprint density at radius 2 is 1.68 bits per heavy atom. The van der Waals surface area contributed by atoms with Gasteiger partial charge in [-0.15, -0.1) is 0 Å². The van der Waals surface area contributed by atoms with Crippen LogP contribution < -0.4 is 0 Å². The fourth-order valence-electron chi connectivity index (χ4n) is 2.87. The van der Waals surface area contributed by atoms with Crippen molar-refractivity contribution in [1.82, 2.24) is 4.90 Å². The van der Waals surface area contributed by atoms with Crippen molar-refractivity contribution >= 4 is 15.7 Å². The van der Waals surface area contributed by atoms with Crippen LogP contribution in [0.2, 0.25) is 0 Å². The van der Waals surface area contributed by atoms with Crippen molar-refractivity contribution in [3.8, 4) is 0 Å². The van der Waals surface area contributed by atoms with Gasteiger partial charge in [0, 0.05) is 18.7 Å². The van der Waals surface area contributed by atoms with Crippen molar-refractivity contribution < 1.29 is 22.0 Å². The van der Waals surface area contributed by atoms with Crippen LogP contribution in [0.4, 0.5) is 8.78 Å². The molecule has 0 radical (unpaired) electrons. The van der Waals surface area contributed by atoms with Gasteiger partial charge in [0.1, 0.15) is 11.6 Å². The zero-order chi connectivity index (χ0) is 18.8. The number of hydrogen-bond donors (Lipinski definition) is 0. The number of benzene rings is 1. The summed E-state index contributed by atoms with van der Waals surface area (Å²) >= 11 is 0. The fourth-order valence-corrected chi connectivity index (χ4v) is 4.33. The van der Waals surface area contributed by atoms with Crippen LogP contribution in [-0.2, 0) is 21.1 Å². The number of likely N-dealkylation sites (tertiary alicyclic amines) is 1. The van der Waals surface area contributed by atoms with E-state index in [2.05, 4.69) is 0 Å². The van der Waals surface area contributed by atoms with Gasteiger partial charge in [0.2, 0.25) is 5.91 Å². The normalized spacial score (nSPS) is 16.9. The first-order valence-electron chi connectivity index (χ1n) is 8.44. The number of piperidine rings is 1. The molecule has 2 rings (SSSR count). The molecular formula is C18H25F2NO3S. The largest absolute Gasteiger partial charge is 0.342 e. The minimum absolute atomic E-state index is 0.0125. The molecule has 1 aliphatic rings. The lowest BCUT2D eigenvalue weighted by Crippen LogP contribution is -2.42. The van der Waals surface area contributed by atoms with Crippen molar-refractivity contribution in [2.24, 2.45) is 5.92 Å². The van der Waals surface area contributed by atoms with Gasteiger partial charge in [-0.25, -0.2) is 17.2 Å². The molecule has 1 fully saturated rings. The Kier molecular flexibility index (Phi) is 5.86. The number of amides is 1. The van der Waals surface area contributed by atoms with Gasteiger partial charge in [-0.1, -0.05) is 6.07 Å². The predicted molar refractivity (Wildman–Crippen MR) is 92.9 cm³/mol. The number of hydrogen-bond acceptors (Lipinski definition) is 3.